The maximum Gasteiger partial charge on any atom is 0.393 e. The van der Waals surface area contributed by atoms with Gasteiger partial charge in [-0.15, -0.1) is 0 Å². The van der Waals surface area contributed by atoms with Gasteiger partial charge in [0, 0.05) is 18.8 Å². The molecule has 1 aromatic heterocycles. The summed E-state index contributed by atoms with van der Waals surface area (Å²) >= 11 is 0. The fourth-order valence-electron chi connectivity index (χ4n) is 3.13. The number of aromatic nitrogens is 2. The van der Waals surface area contributed by atoms with E-state index in [1.54, 1.807) is 4.68 Å². The molecule has 2 heterocycles. The van der Waals surface area contributed by atoms with Crippen molar-refractivity contribution in [3.05, 3.63) is 29.6 Å². The number of piperidine rings is 1. The first-order chi connectivity index (χ1) is 12.0. The molecular formula is C17H23F3N4O2. The van der Waals surface area contributed by atoms with E-state index in [2.05, 4.69) is 17.0 Å². The summed E-state index contributed by atoms with van der Waals surface area (Å²) in [7, 11) is 0. The Hall–Kier alpha value is -2.32. The van der Waals surface area contributed by atoms with E-state index in [1.807, 2.05) is 20.8 Å². The molecule has 9 heteroatoms. The summed E-state index contributed by atoms with van der Waals surface area (Å²) in [4.78, 5) is 25.4. The summed E-state index contributed by atoms with van der Waals surface area (Å²) in [6.45, 7) is 8.58. The number of amides is 2. The largest absolute Gasteiger partial charge is 0.393 e. The van der Waals surface area contributed by atoms with Gasteiger partial charge in [0.25, 0.3) is 0 Å². The highest BCUT2D eigenvalue weighted by Gasteiger charge is 2.48. The Bertz CT molecular complexity index is 712. The lowest BCUT2D eigenvalue weighted by Crippen LogP contribution is -2.57. The topological polar surface area (TPSA) is 67.2 Å². The van der Waals surface area contributed by atoms with Gasteiger partial charge in [0.2, 0.25) is 11.8 Å². The van der Waals surface area contributed by atoms with Crippen molar-refractivity contribution in [2.45, 2.75) is 46.0 Å². The second kappa shape index (κ2) is 7.51. The summed E-state index contributed by atoms with van der Waals surface area (Å²) < 4.78 is 41.2. The molecule has 144 valence electrons. The van der Waals surface area contributed by atoms with E-state index < -0.39 is 24.0 Å². The number of nitrogens with zero attached hydrogens (tertiary/aromatic N) is 3. The Morgan fingerprint density at radius 3 is 2.50 bits per heavy atom. The number of nitrogens with one attached hydrogen (secondary N) is 1. The smallest absolute Gasteiger partial charge is 0.347 e. The maximum absolute atomic E-state index is 13.2. The average Bonchev–Trinajstić information content (AvgIpc) is 2.80. The van der Waals surface area contributed by atoms with Crippen molar-refractivity contribution in [2.24, 2.45) is 5.92 Å². The minimum Gasteiger partial charge on any atom is -0.347 e. The summed E-state index contributed by atoms with van der Waals surface area (Å²) in [5.41, 5.74) is 2.63. The van der Waals surface area contributed by atoms with Crippen molar-refractivity contribution in [3.8, 4) is 0 Å². The van der Waals surface area contributed by atoms with Gasteiger partial charge in [-0.2, -0.15) is 18.3 Å². The minimum atomic E-state index is -4.44. The molecule has 1 N–H and O–H groups in total. The zero-order valence-corrected chi connectivity index (χ0v) is 15.1. The van der Waals surface area contributed by atoms with Gasteiger partial charge in [0.05, 0.1) is 17.7 Å². The first-order valence-electron chi connectivity index (χ1n) is 8.32. The zero-order chi connectivity index (χ0) is 19.6. The predicted octanol–water partition coefficient (Wildman–Crippen LogP) is 1.89. The fraction of sp³-hybridized carbons (Fsp3) is 0.588. The van der Waals surface area contributed by atoms with E-state index in [0.717, 1.165) is 23.0 Å². The molecule has 1 saturated heterocycles. The molecule has 2 rings (SSSR count). The number of hydrogen-bond acceptors (Lipinski definition) is 3. The highest BCUT2D eigenvalue weighted by atomic mass is 19.4. The van der Waals surface area contributed by atoms with Gasteiger partial charge in [0.15, 0.2) is 0 Å². The van der Waals surface area contributed by atoms with Crippen molar-refractivity contribution in [2.75, 3.05) is 13.1 Å². The third kappa shape index (κ3) is 4.25. The number of aryl methyl sites for hydroxylation is 1. The van der Waals surface area contributed by atoms with E-state index in [4.69, 9.17) is 0 Å². The van der Waals surface area contributed by atoms with Crippen LogP contribution in [0.5, 0.6) is 0 Å². The lowest BCUT2D eigenvalue weighted by molar-refractivity contribution is -0.194. The Morgan fingerprint density at radius 1 is 1.35 bits per heavy atom. The Labute approximate surface area is 150 Å². The minimum absolute atomic E-state index is 0.0122. The first kappa shape index (κ1) is 20.0. The molecule has 6 nitrogen and oxygen atoms in total. The molecule has 1 aliphatic rings. The molecule has 2 unspecified atom stereocenters. The Balaban J connectivity index is 2.12. The zero-order valence-electron chi connectivity index (χ0n) is 15.1. The molecule has 0 aliphatic carbocycles. The second-order valence-corrected chi connectivity index (χ2v) is 6.55. The fourth-order valence-corrected chi connectivity index (χ4v) is 3.13. The van der Waals surface area contributed by atoms with E-state index in [-0.39, 0.29) is 32.0 Å². The standard InChI is InChI=1S/C17H23F3N4O2/c1-5-15(25)21-14-8-23(7-6-13(14)17(18,19)20)16(26)9-24-12(4)10(2)11(3)22-24/h5,13-14H,1,6-9H2,2-4H3,(H,21,25). The molecule has 0 aromatic carbocycles. The lowest BCUT2D eigenvalue weighted by Gasteiger charge is -2.39. The number of rotatable bonds is 4. The van der Waals surface area contributed by atoms with Crippen LogP contribution >= 0.6 is 0 Å². The average molecular weight is 372 g/mol. The molecule has 0 bridgehead atoms. The normalized spacial score (nSPS) is 20.8. The van der Waals surface area contributed by atoms with Gasteiger partial charge in [-0.25, -0.2) is 0 Å². The second-order valence-electron chi connectivity index (χ2n) is 6.55. The Kier molecular flexibility index (Phi) is 5.77. The van der Waals surface area contributed by atoms with Gasteiger partial charge in [-0.05, 0) is 38.8 Å². The number of halogens is 3. The van der Waals surface area contributed by atoms with Crippen LogP contribution in [-0.2, 0) is 16.1 Å². The molecule has 2 amide bonds. The maximum atomic E-state index is 13.2. The monoisotopic (exact) mass is 372 g/mol. The molecule has 1 fully saturated rings. The van der Waals surface area contributed by atoms with Gasteiger partial charge >= 0.3 is 6.18 Å². The van der Waals surface area contributed by atoms with Crippen molar-refractivity contribution < 1.29 is 22.8 Å². The molecular weight excluding hydrogens is 349 g/mol. The lowest BCUT2D eigenvalue weighted by atomic mass is 9.90. The van der Waals surface area contributed by atoms with Crippen molar-refractivity contribution >= 4 is 11.8 Å². The molecule has 1 aliphatic heterocycles. The van der Waals surface area contributed by atoms with Gasteiger partial charge in [-0.1, -0.05) is 6.58 Å². The third-order valence-corrected chi connectivity index (χ3v) is 4.93. The third-order valence-electron chi connectivity index (χ3n) is 4.93. The quantitative estimate of drug-likeness (QED) is 0.821. The van der Waals surface area contributed by atoms with Gasteiger partial charge < -0.3 is 10.2 Å². The van der Waals surface area contributed by atoms with Crippen LogP contribution in [0.2, 0.25) is 0 Å². The number of alkyl halides is 3. The molecule has 0 radical (unpaired) electrons. The summed E-state index contributed by atoms with van der Waals surface area (Å²) in [6, 6.07) is -1.19. The van der Waals surface area contributed by atoms with Crippen LogP contribution in [0.4, 0.5) is 13.2 Å². The van der Waals surface area contributed by atoms with E-state index in [1.165, 1.54) is 4.90 Å². The van der Waals surface area contributed by atoms with Crippen LogP contribution in [0.1, 0.15) is 23.4 Å². The van der Waals surface area contributed by atoms with Crippen molar-refractivity contribution in [3.63, 3.8) is 0 Å². The highest BCUT2D eigenvalue weighted by Crippen LogP contribution is 2.34. The molecule has 0 saturated carbocycles. The number of carbonyl (C=O) groups is 2. The number of hydrogen-bond donors (Lipinski definition) is 1. The van der Waals surface area contributed by atoms with E-state index in [0.29, 0.717) is 0 Å². The highest BCUT2D eigenvalue weighted by molar-refractivity contribution is 5.87. The Morgan fingerprint density at radius 2 is 2.00 bits per heavy atom. The van der Waals surface area contributed by atoms with E-state index in [9.17, 15) is 22.8 Å². The van der Waals surface area contributed by atoms with Crippen LogP contribution in [0.15, 0.2) is 12.7 Å². The van der Waals surface area contributed by atoms with Crippen LogP contribution in [-0.4, -0.2) is 51.8 Å². The summed E-state index contributed by atoms with van der Waals surface area (Å²) in [5.74, 6) is -2.70. The van der Waals surface area contributed by atoms with Gasteiger partial charge in [0.1, 0.15) is 6.54 Å². The van der Waals surface area contributed by atoms with Crippen LogP contribution in [0.25, 0.3) is 0 Å². The molecule has 0 spiro atoms. The summed E-state index contributed by atoms with van der Waals surface area (Å²) in [5, 5.41) is 6.59. The van der Waals surface area contributed by atoms with Crippen LogP contribution in [0.3, 0.4) is 0 Å². The SMILES string of the molecule is C=CC(=O)NC1CN(C(=O)Cn2nc(C)c(C)c2C)CCC1C(F)(F)F. The molecule has 2 atom stereocenters. The van der Waals surface area contributed by atoms with Crippen LogP contribution in [0, 0.1) is 26.7 Å². The van der Waals surface area contributed by atoms with Crippen LogP contribution < -0.4 is 5.32 Å². The first-order valence-corrected chi connectivity index (χ1v) is 8.32. The summed E-state index contributed by atoms with van der Waals surface area (Å²) in [6.07, 6.45) is -3.78. The van der Waals surface area contributed by atoms with Gasteiger partial charge in [-0.3, -0.25) is 14.3 Å². The molecule has 26 heavy (non-hydrogen) atoms. The number of likely N-dealkylation sites (tertiary alicyclic amines) is 1. The molecule has 1 aromatic rings. The van der Waals surface area contributed by atoms with Crippen molar-refractivity contribution in [1.29, 1.82) is 0 Å². The number of carbonyl (C=O) groups excluding carboxylic acids is 2. The van der Waals surface area contributed by atoms with Crippen molar-refractivity contribution in [1.82, 2.24) is 20.0 Å². The predicted molar refractivity (Wildman–Crippen MR) is 89.3 cm³/mol. The van der Waals surface area contributed by atoms with E-state index >= 15 is 0 Å².